The standard InChI is InChI=1S/C2H7O3P.3Na.H3O4P.3H/c1-2-6(3,4)5;;;;1-5(2,3)4;;;/h2H2,1H3,(H2,3,4,5);;;;(H3,1,2,3,4);;;/q;3*+1;;3*-1. The summed E-state index contributed by atoms with van der Waals surface area (Å²) in [6, 6.07) is 0. The van der Waals surface area contributed by atoms with Crippen molar-refractivity contribution in [2.24, 2.45) is 0 Å². The smallest absolute Gasteiger partial charge is 1.00 e. The molecule has 5 N–H and O–H groups in total. The van der Waals surface area contributed by atoms with Crippen LogP contribution in [-0.2, 0) is 9.13 Å². The monoisotopic (exact) mass is 280 g/mol. The van der Waals surface area contributed by atoms with Gasteiger partial charge in [0.2, 0.25) is 0 Å². The second kappa shape index (κ2) is 14.3. The Morgan fingerprint density at radius 1 is 0.929 bits per heavy atom. The van der Waals surface area contributed by atoms with Gasteiger partial charge in [0.05, 0.1) is 0 Å². The van der Waals surface area contributed by atoms with Crippen LogP contribution >= 0.6 is 15.4 Å². The van der Waals surface area contributed by atoms with Gasteiger partial charge in [0.1, 0.15) is 0 Å². The Labute approximate surface area is 153 Å². The third kappa shape index (κ3) is 79.2. The Morgan fingerprint density at radius 3 is 1.00 bits per heavy atom. The van der Waals surface area contributed by atoms with E-state index < -0.39 is 15.4 Å². The summed E-state index contributed by atoms with van der Waals surface area (Å²) in [5, 5.41) is 0. The fourth-order valence-electron chi connectivity index (χ4n) is 0. The van der Waals surface area contributed by atoms with E-state index in [2.05, 4.69) is 0 Å². The van der Waals surface area contributed by atoms with E-state index in [4.69, 9.17) is 29.0 Å². The molecule has 0 aromatic carbocycles. The summed E-state index contributed by atoms with van der Waals surface area (Å²) < 4.78 is 18.6. The van der Waals surface area contributed by atoms with E-state index in [9.17, 15) is 4.57 Å². The maximum atomic E-state index is 9.69. The average molecular weight is 280 g/mol. The molecule has 0 saturated carbocycles. The quantitative estimate of drug-likeness (QED) is 0.238. The molecular formula is C2H13Na3O7P2. The second-order valence-electron chi connectivity index (χ2n) is 1.49. The van der Waals surface area contributed by atoms with E-state index >= 15 is 0 Å². The Kier molecular flexibility index (Phi) is 31.1. The molecular weight excluding hydrogens is 267 g/mol. The van der Waals surface area contributed by atoms with Crippen LogP contribution in [0.25, 0.3) is 0 Å². The molecule has 0 unspecified atom stereocenters. The number of rotatable bonds is 1. The Bertz CT molecular complexity index is 189. The van der Waals surface area contributed by atoms with Crippen molar-refractivity contribution in [2.75, 3.05) is 6.16 Å². The first-order valence-corrected chi connectivity index (χ1v) is 5.75. The van der Waals surface area contributed by atoms with Gasteiger partial charge in [0.15, 0.2) is 0 Å². The summed E-state index contributed by atoms with van der Waals surface area (Å²) in [5.41, 5.74) is 0. The van der Waals surface area contributed by atoms with Crippen molar-refractivity contribution in [2.45, 2.75) is 6.92 Å². The van der Waals surface area contributed by atoms with Crippen molar-refractivity contribution in [3.63, 3.8) is 0 Å². The molecule has 0 heterocycles. The van der Waals surface area contributed by atoms with Crippen molar-refractivity contribution in [3.05, 3.63) is 0 Å². The fraction of sp³-hybridized carbons (Fsp3) is 1.00. The summed E-state index contributed by atoms with van der Waals surface area (Å²) in [4.78, 5) is 37.4. The van der Waals surface area contributed by atoms with Crippen LogP contribution in [0.2, 0.25) is 0 Å². The molecule has 0 fully saturated rings. The van der Waals surface area contributed by atoms with Gasteiger partial charge in [-0.15, -0.1) is 0 Å². The van der Waals surface area contributed by atoms with Crippen molar-refractivity contribution in [3.8, 4) is 0 Å². The molecule has 0 aliphatic rings. The molecule has 0 aliphatic carbocycles. The minimum atomic E-state index is -4.64. The van der Waals surface area contributed by atoms with Crippen molar-refractivity contribution >= 4 is 15.4 Å². The van der Waals surface area contributed by atoms with Crippen LogP contribution in [0.5, 0.6) is 0 Å². The Morgan fingerprint density at radius 2 is 1.00 bits per heavy atom. The molecule has 76 valence electrons. The maximum Gasteiger partial charge on any atom is 1.00 e. The van der Waals surface area contributed by atoms with Crippen molar-refractivity contribution < 1.29 is 127 Å². The number of hydrogen-bond acceptors (Lipinski definition) is 2. The van der Waals surface area contributed by atoms with Gasteiger partial charge in [0.25, 0.3) is 0 Å². The van der Waals surface area contributed by atoms with Crippen LogP contribution in [0.4, 0.5) is 0 Å². The molecule has 0 aromatic rings. The summed E-state index contributed by atoms with van der Waals surface area (Å²) in [6.07, 6.45) is -0.0625. The molecule has 0 atom stereocenters. The normalized spacial score (nSPS) is 9.29. The van der Waals surface area contributed by atoms with Crippen LogP contribution in [-0.4, -0.2) is 30.6 Å². The predicted molar refractivity (Wildman–Crippen MR) is 40.2 cm³/mol. The zero-order valence-electron chi connectivity index (χ0n) is 11.7. The number of hydrogen-bond donors (Lipinski definition) is 5. The summed E-state index contributed by atoms with van der Waals surface area (Å²) in [6.45, 7) is 1.45. The first kappa shape index (κ1) is 30.4. The van der Waals surface area contributed by atoms with Gasteiger partial charge in [-0.2, -0.15) is 0 Å². The third-order valence-corrected chi connectivity index (χ3v) is 1.24. The number of phosphoric acid groups is 1. The van der Waals surface area contributed by atoms with Gasteiger partial charge in [-0.1, -0.05) is 6.92 Å². The van der Waals surface area contributed by atoms with E-state index in [0.29, 0.717) is 0 Å². The summed E-state index contributed by atoms with van der Waals surface area (Å²) in [7, 11) is -8.29. The second-order valence-corrected chi connectivity index (χ2v) is 4.48. The van der Waals surface area contributed by atoms with Gasteiger partial charge in [-0.25, -0.2) is 4.57 Å². The maximum absolute atomic E-state index is 9.69. The molecule has 14 heavy (non-hydrogen) atoms. The molecule has 0 radical (unpaired) electrons. The summed E-state index contributed by atoms with van der Waals surface area (Å²) in [5.74, 6) is 0. The first-order valence-electron chi connectivity index (χ1n) is 2.39. The molecule has 0 saturated heterocycles. The van der Waals surface area contributed by atoms with E-state index in [0.717, 1.165) is 0 Å². The zero-order valence-corrected chi connectivity index (χ0v) is 16.4. The minimum Gasteiger partial charge on any atom is -1.00 e. The topological polar surface area (TPSA) is 135 Å². The van der Waals surface area contributed by atoms with Gasteiger partial charge < -0.3 is 28.7 Å². The van der Waals surface area contributed by atoms with Gasteiger partial charge in [-0.3, -0.25) is 4.57 Å². The molecule has 12 heteroatoms. The van der Waals surface area contributed by atoms with E-state index in [1.807, 2.05) is 0 Å². The largest absolute Gasteiger partial charge is 1.00 e. The predicted octanol–water partition coefficient (Wildman–Crippen LogP) is -9.40. The van der Waals surface area contributed by atoms with Crippen molar-refractivity contribution in [1.82, 2.24) is 0 Å². The molecule has 0 amide bonds. The van der Waals surface area contributed by atoms with Gasteiger partial charge in [0, 0.05) is 6.16 Å². The van der Waals surface area contributed by atoms with Crippen LogP contribution < -0.4 is 88.7 Å². The molecule has 0 aromatic heterocycles. The third-order valence-electron chi connectivity index (χ3n) is 0.412. The molecule has 7 nitrogen and oxygen atoms in total. The SMILES string of the molecule is CCP(=O)(O)O.O=P(O)(O)O.[H-].[H-].[H-].[Na+].[Na+].[Na+]. The average Bonchev–Trinajstić information content (AvgIpc) is 1.59. The first-order chi connectivity index (χ1) is 4.56. The van der Waals surface area contributed by atoms with Crippen LogP contribution in [0.1, 0.15) is 11.2 Å². The Balaban J connectivity index is -0.0000000118. The van der Waals surface area contributed by atoms with Gasteiger partial charge >= 0.3 is 104 Å². The van der Waals surface area contributed by atoms with Crippen LogP contribution in [0, 0.1) is 0 Å². The van der Waals surface area contributed by atoms with Crippen LogP contribution in [0.15, 0.2) is 0 Å². The molecule has 0 aliphatic heterocycles. The Hall–Kier alpha value is 3.26. The molecule has 0 spiro atoms. The van der Waals surface area contributed by atoms with E-state index in [1.54, 1.807) is 0 Å². The van der Waals surface area contributed by atoms with E-state index in [-0.39, 0.29) is 99.1 Å². The zero-order chi connectivity index (χ0) is 9.71. The van der Waals surface area contributed by atoms with Crippen LogP contribution in [0.3, 0.4) is 0 Å². The molecule has 0 bridgehead atoms. The van der Waals surface area contributed by atoms with E-state index in [1.165, 1.54) is 6.92 Å². The summed E-state index contributed by atoms with van der Waals surface area (Å²) >= 11 is 0. The van der Waals surface area contributed by atoms with Crippen molar-refractivity contribution in [1.29, 1.82) is 0 Å². The molecule has 0 rings (SSSR count). The minimum absolute atomic E-state index is 0. The fourth-order valence-corrected chi connectivity index (χ4v) is 0. The van der Waals surface area contributed by atoms with Gasteiger partial charge in [-0.05, 0) is 0 Å².